The lowest BCUT2D eigenvalue weighted by Crippen LogP contribution is -2.41. The summed E-state index contributed by atoms with van der Waals surface area (Å²) in [6.07, 6.45) is 6.46. The Morgan fingerprint density at radius 2 is 2.08 bits per heavy atom. The fourth-order valence-corrected chi connectivity index (χ4v) is 3.41. The van der Waals surface area contributed by atoms with Gasteiger partial charge in [-0.2, -0.15) is 0 Å². The molecule has 0 spiro atoms. The monoisotopic (exact) mass is 344 g/mol. The van der Waals surface area contributed by atoms with Crippen molar-refractivity contribution in [2.24, 2.45) is 4.99 Å². The molecule has 3 N–H and O–H groups in total. The van der Waals surface area contributed by atoms with E-state index < -0.39 is 0 Å². The van der Waals surface area contributed by atoms with Crippen LogP contribution in [0.1, 0.15) is 44.1 Å². The molecule has 136 valence electrons. The second kappa shape index (κ2) is 8.85. The van der Waals surface area contributed by atoms with Gasteiger partial charge in [-0.1, -0.05) is 25.0 Å². The second-order valence-electron chi connectivity index (χ2n) is 6.74. The van der Waals surface area contributed by atoms with Crippen LogP contribution in [0.2, 0.25) is 0 Å². The number of aliphatic imine (C=N–C) groups is 1. The highest BCUT2D eigenvalue weighted by Crippen LogP contribution is 2.18. The van der Waals surface area contributed by atoms with Crippen LogP contribution in [0.4, 0.5) is 5.69 Å². The first kappa shape index (κ1) is 17.7. The predicted octanol–water partition coefficient (Wildman–Crippen LogP) is 2.41. The Morgan fingerprint density at radius 3 is 2.80 bits per heavy atom. The first-order chi connectivity index (χ1) is 12.2. The molecule has 2 fully saturated rings. The van der Waals surface area contributed by atoms with Crippen molar-refractivity contribution in [2.45, 2.75) is 57.2 Å². The van der Waals surface area contributed by atoms with Crippen molar-refractivity contribution in [1.29, 1.82) is 0 Å². The standard InChI is InChI=1S/C19H28N4O2/c1-20-19(23-15-7-2-3-8-15)21-13-14-6-4-9-16(12-14)22-18(24)17-10-5-11-25-17/h4,6,9,12,15,17H,2-3,5,7-8,10-11,13H2,1H3,(H,22,24)(H2,20,21,23). The number of anilines is 1. The molecular weight excluding hydrogens is 316 g/mol. The molecule has 1 aliphatic heterocycles. The van der Waals surface area contributed by atoms with Crippen molar-refractivity contribution in [3.05, 3.63) is 29.8 Å². The van der Waals surface area contributed by atoms with Gasteiger partial charge in [0.05, 0.1) is 0 Å². The quantitative estimate of drug-likeness (QED) is 0.566. The van der Waals surface area contributed by atoms with Crippen LogP contribution < -0.4 is 16.0 Å². The maximum Gasteiger partial charge on any atom is 0.253 e. The van der Waals surface area contributed by atoms with Gasteiger partial charge >= 0.3 is 0 Å². The molecule has 6 nitrogen and oxygen atoms in total. The Balaban J connectivity index is 1.51. The van der Waals surface area contributed by atoms with Gasteiger partial charge in [-0.25, -0.2) is 0 Å². The maximum absolute atomic E-state index is 12.2. The molecule has 1 amide bonds. The van der Waals surface area contributed by atoms with Crippen LogP contribution in [0.5, 0.6) is 0 Å². The number of benzene rings is 1. The van der Waals surface area contributed by atoms with E-state index in [1.54, 1.807) is 7.05 Å². The van der Waals surface area contributed by atoms with Gasteiger partial charge in [0.2, 0.25) is 0 Å². The zero-order valence-corrected chi connectivity index (χ0v) is 14.9. The first-order valence-corrected chi connectivity index (χ1v) is 9.23. The Morgan fingerprint density at radius 1 is 1.24 bits per heavy atom. The summed E-state index contributed by atoms with van der Waals surface area (Å²) in [4.78, 5) is 16.4. The Hall–Kier alpha value is -2.08. The van der Waals surface area contributed by atoms with E-state index in [1.165, 1.54) is 25.7 Å². The lowest BCUT2D eigenvalue weighted by atomic mass is 10.2. The van der Waals surface area contributed by atoms with E-state index in [0.717, 1.165) is 30.1 Å². The number of nitrogens with one attached hydrogen (secondary N) is 3. The van der Waals surface area contributed by atoms with Crippen molar-refractivity contribution >= 4 is 17.6 Å². The number of hydrogen-bond acceptors (Lipinski definition) is 3. The molecule has 1 aliphatic carbocycles. The third-order valence-corrected chi connectivity index (χ3v) is 4.80. The molecular formula is C19H28N4O2. The molecule has 1 atom stereocenters. The number of rotatable bonds is 5. The maximum atomic E-state index is 12.2. The van der Waals surface area contributed by atoms with Gasteiger partial charge in [0.1, 0.15) is 6.10 Å². The van der Waals surface area contributed by atoms with E-state index in [-0.39, 0.29) is 12.0 Å². The topological polar surface area (TPSA) is 74.8 Å². The van der Waals surface area contributed by atoms with Crippen LogP contribution >= 0.6 is 0 Å². The predicted molar refractivity (Wildman–Crippen MR) is 99.6 cm³/mol. The van der Waals surface area contributed by atoms with E-state index in [1.807, 2.05) is 24.3 Å². The van der Waals surface area contributed by atoms with Gasteiger partial charge in [0.25, 0.3) is 5.91 Å². The lowest BCUT2D eigenvalue weighted by molar-refractivity contribution is -0.124. The van der Waals surface area contributed by atoms with Crippen molar-refractivity contribution < 1.29 is 9.53 Å². The SMILES string of the molecule is CN=C(NCc1cccc(NC(=O)C2CCCO2)c1)NC1CCCC1. The van der Waals surface area contributed by atoms with Crippen molar-refractivity contribution in [3.8, 4) is 0 Å². The van der Waals surface area contributed by atoms with Gasteiger partial charge in [-0.05, 0) is 43.4 Å². The van der Waals surface area contributed by atoms with Crippen molar-refractivity contribution in [2.75, 3.05) is 19.0 Å². The highest BCUT2D eigenvalue weighted by molar-refractivity contribution is 5.94. The molecule has 1 aromatic rings. The van der Waals surface area contributed by atoms with E-state index >= 15 is 0 Å². The minimum Gasteiger partial charge on any atom is -0.368 e. The van der Waals surface area contributed by atoms with Gasteiger partial charge in [-0.3, -0.25) is 9.79 Å². The molecule has 1 saturated heterocycles. The zero-order valence-electron chi connectivity index (χ0n) is 14.9. The normalized spacial score (nSPS) is 21.3. The van der Waals surface area contributed by atoms with E-state index in [4.69, 9.17) is 4.74 Å². The van der Waals surface area contributed by atoms with Crippen molar-refractivity contribution in [3.63, 3.8) is 0 Å². The molecule has 1 heterocycles. The van der Waals surface area contributed by atoms with Crippen molar-refractivity contribution in [1.82, 2.24) is 10.6 Å². The van der Waals surface area contributed by atoms with Crippen LogP contribution in [0, 0.1) is 0 Å². The summed E-state index contributed by atoms with van der Waals surface area (Å²) in [5.41, 5.74) is 1.90. The highest BCUT2D eigenvalue weighted by atomic mass is 16.5. The zero-order chi connectivity index (χ0) is 17.5. The molecule has 1 unspecified atom stereocenters. The minimum absolute atomic E-state index is 0.0543. The van der Waals surface area contributed by atoms with Gasteiger partial charge in [0, 0.05) is 31.9 Å². The van der Waals surface area contributed by atoms with Crippen LogP contribution in [-0.4, -0.2) is 37.7 Å². The molecule has 3 rings (SSSR count). The number of amides is 1. The number of nitrogens with zero attached hydrogens (tertiary/aromatic N) is 1. The average molecular weight is 344 g/mol. The summed E-state index contributed by atoms with van der Waals surface area (Å²) in [7, 11) is 1.79. The molecule has 0 radical (unpaired) electrons. The summed E-state index contributed by atoms with van der Waals surface area (Å²) in [5.74, 6) is 0.780. The number of carbonyl (C=O) groups excluding carboxylic acids is 1. The fourth-order valence-electron chi connectivity index (χ4n) is 3.41. The molecule has 6 heteroatoms. The van der Waals surface area contributed by atoms with Gasteiger partial charge in [0.15, 0.2) is 5.96 Å². The number of guanidine groups is 1. The Bertz CT molecular complexity index is 605. The molecule has 0 aromatic heterocycles. The van der Waals surface area contributed by atoms with E-state index in [2.05, 4.69) is 20.9 Å². The smallest absolute Gasteiger partial charge is 0.253 e. The molecule has 2 aliphatic rings. The van der Waals surface area contributed by atoms with Crippen LogP contribution in [0.15, 0.2) is 29.3 Å². The largest absolute Gasteiger partial charge is 0.368 e. The Labute approximate surface area is 149 Å². The molecule has 1 saturated carbocycles. The van der Waals surface area contributed by atoms with E-state index in [0.29, 0.717) is 19.2 Å². The first-order valence-electron chi connectivity index (χ1n) is 9.23. The molecule has 0 bridgehead atoms. The molecule has 25 heavy (non-hydrogen) atoms. The van der Waals surface area contributed by atoms with Gasteiger partial charge in [-0.15, -0.1) is 0 Å². The van der Waals surface area contributed by atoms with Crippen LogP contribution in [0.25, 0.3) is 0 Å². The lowest BCUT2D eigenvalue weighted by Gasteiger charge is -2.17. The highest BCUT2D eigenvalue weighted by Gasteiger charge is 2.23. The second-order valence-corrected chi connectivity index (χ2v) is 6.74. The van der Waals surface area contributed by atoms with E-state index in [9.17, 15) is 4.79 Å². The summed E-state index contributed by atoms with van der Waals surface area (Å²) >= 11 is 0. The summed E-state index contributed by atoms with van der Waals surface area (Å²) < 4.78 is 5.43. The third-order valence-electron chi connectivity index (χ3n) is 4.80. The number of ether oxygens (including phenoxy) is 1. The average Bonchev–Trinajstić information content (AvgIpc) is 3.32. The summed E-state index contributed by atoms with van der Waals surface area (Å²) in [6.45, 7) is 1.34. The number of carbonyl (C=O) groups is 1. The number of hydrogen-bond donors (Lipinski definition) is 3. The van der Waals surface area contributed by atoms with Crippen LogP contribution in [0.3, 0.4) is 0 Å². The van der Waals surface area contributed by atoms with Gasteiger partial charge < -0.3 is 20.7 Å². The minimum atomic E-state index is -0.309. The summed E-state index contributed by atoms with van der Waals surface area (Å²) in [5, 5.41) is 9.77. The van der Waals surface area contributed by atoms with Crippen LogP contribution in [-0.2, 0) is 16.1 Å². The molecule has 1 aromatic carbocycles. The summed E-state index contributed by atoms with van der Waals surface area (Å²) in [6, 6.07) is 8.42. The Kier molecular flexibility index (Phi) is 6.28. The fraction of sp³-hybridized carbons (Fsp3) is 0.579. The third kappa shape index (κ3) is 5.19.